The largest absolute Gasteiger partial charge is 0.349 e. The van der Waals surface area contributed by atoms with Crippen molar-refractivity contribution in [3.8, 4) is 5.69 Å². The fraction of sp³-hybridized carbons (Fsp3) is 0.412. The van der Waals surface area contributed by atoms with E-state index in [4.69, 9.17) is 0 Å². The minimum Gasteiger partial charge on any atom is -0.349 e. The Balaban J connectivity index is 0.00000208. The highest BCUT2D eigenvalue weighted by Gasteiger charge is 2.26. The van der Waals surface area contributed by atoms with Crippen molar-refractivity contribution in [3.05, 3.63) is 45.7 Å². The molecule has 1 aliphatic rings. The van der Waals surface area contributed by atoms with E-state index >= 15 is 0 Å². The molecule has 0 radical (unpaired) electrons. The van der Waals surface area contributed by atoms with Crippen LogP contribution in [0.15, 0.2) is 28.7 Å². The van der Waals surface area contributed by atoms with Crippen LogP contribution < -0.4 is 10.6 Å². The maximum Gasteiger partial charge on any atom is 0.272 e. The Morgan fingerprint density at radius 2 is 2.17 bits per heavy atom. The summed E-state index contributed by atoms with van der Waals surface area (Å²) in [5, 5.41) is 10.8. The number of rotatable bonds is 6. The number of hydrogen-bond acceptors (Lipinski definition) is 3. The third kappa shape index (κ3) is 3.99. The van der Waals surface area contributed by atoms with Gasteiger partial charge in [-0.15, -0.1) is 12.4 Å². The Morgan fingerprint density at radius 3 is 2.92 bits per heavy atom. The molecule has 1 aromatic heterocycles. The molecule has 0 saturated heterocycles. The summed E-state index contributed by atoms with van der Waals surface area (Å²) in [6, 6.07) is 8.02. The van der Waals surface area contributed by atoms with Gasteiger partial charge in [0.1, 0.15) is 0 Å². The van der Waals surface area contributed by atoms with Gasteiger partial charge in [0.2, 0.25) is 0 Å². The van der Waals surface area contributed by atoms with Gasteiger partial charge in [0.15, 0.2) is 5.69 Å². The summed E-state index contributed by atoms with van der Waals surface area (Å²) in [5.41, 5.74) is 3.84. The molecule has 1 aromatic carbocycles. The Bertz CT molecular complexity index is 717. The highest BCUT2D eigenvalue weighted by Crippen LogP contribution is 2.28. The molecule has 0 bridgehead atoms. The first-order valence-electron chi connectivity index (χ1n) is 8.06. The summed E-state index contributed by atoms with van der Waals surface area (Å²) < 4.78 is 2.93. The monoisotopic (exact) mass is 412 g/mol. The Hall–Kier alpha value is -1.37. The van der Waals surface area contributed by atoms with E-state index in [1.807, 2.05) is 35.9 Å². The molecule has 1 aliphatic carbocycles. The molecule has 0 atom stereocenters. The van der Waals surface area contributed by atoms with Crippen LogP contribution in [-0.2, 0) is 12.8 Å². The van der Waals surface area contributed by atoms with Gasteiger partial charge in [-0.25, -0.2) is 4.68 Å². The van der Waals surface area contributed by atoms with Crippen LogP contribution >= 0.6 is 28.3 Å². The van der Waals surface area contributed by atoms with Crippen LogP contribution in [0, 0.1) is 0 Å². The first kappa shape index (κ1) is 19.0. The van der Waals surface area contributed by atoms with Gasteiger partial charge < -0.3 is 10.6 Å². The molecule has 3 rings (SSSR count). The fourth-order valence-corrected chi connectivity index (χ4v) is 3.35. The first-order chi connectivity index (χ1) is 11.2. The van der Waals surface area contributed by atoms with E-state index in [9.17, 15) is 4.79 Å². The lowest BCUT2D eigenvalue weighted by atomic mass is 10.2. The number of nitrogens with one attached hydrogen (secondary N) is 2. The second-order valence-corrected chi connectivity index (χ2v) is 6.54. The number of aromatic nitrogens is 2. The second-order valence-electron chi connectivity index (χ2n) is 5.63. The van der Waals surface area contributed by atoms with Crippen LogP contribution in [0.3, 0.4) is 0 Å². The molecule has 0 saturated carbocycles. The molecule has 5 nitrogen and oxygen atoms in total. The van der Waals surface area contributed by atoms with Crippen molar-refractivity contribution in [2.24, 2.45) is 0 Å². The summed E-state index contributed by atoms with van der Waals surface area (Å²) in [4.78, 5) is 12.5. The average molecular weight is 414 g/mol. The van der Waals surface area contributed by atoms with Crippen molar-refractivity contribution in [1.82, 2.24) is 20.4 Å². The summed E-state index contributed by atoms with van der Waals surface area (Å²) >= 11 is 3.50. The number of hydrogen-bond donors (Lipinski definition) is 2. The zero-order valence-corrected chi connectivity index (χ0v) is 16.0. The van der Waals surface area contributed by atoms with Crippen molar-refractivity contribution < 1.29 is 4.79 Å². The number of carbonyl (C=O) groups is 1. The highest BCUT2D eigenvalue weighted by atomic mass is 79.9. The molecule has 130 valence electrons. The topological polar surface area (TPSA) is 58.9 Å². The summed E-state index contributed by atoms with van der Waals surface area (Å²) in [6.45, 7) is 4.35. The molecule has 2 N–H and O–H groups in total. The van der Waals surface area contributed by atoms with E-state index < -0.39 is 0 Å². The van der Waals surface area contributed by atoms with Crippen LogP contribution in [0.5, 0.6) is 0 Å². The molecule has 24 heavy (non-hydrogen) atoms. The number of halogens is 2. The van der Waals surface area contributed by atoms with E-state index in [0.717, 1.165) is 48.1 Å². The van der Waals surface area contributed by atoms with Crippen molar-refractivity contribution >= 4 is 34.2 Å². The lowest BCUT2D eigenvalue weighted by Crippen LogP contribution is -2.32. The molecule has 0 spiro atoms. The molecule has 1 heterocycles. The normalized spacial score (nSPS) is 12.6. The SMILES string of the molecule is CCNCCNC(=O)c1nn(-c2cccc(Br)c2)c2c1CCC2.Cl. The van der Waals surface area contributed by atoms with Gasteiger partial charge in [0.05, 0.1) is 5.69 Å². The van der Waals surface area contributed by atoms with Gasteiger partial charge in [0.25, 0.3) is 5.91 Å². The first-order valence-corrected chi connectivity index (χ1v) is 8.85. The molecule has 0 unspecified atom stereocenters. The zero-order valence-electron chi connectivity index (χ0n) is 13.6. The van der Waals surface area contributed by atoms with Gasteiger partial charge >= 0.3 is 0 Å². The van der Waals surface area contributed by atoms with E-state index in [1.54, 1.807) is 0 Å². The van der Waals surface area contributed by atoms with Gasteiger partial charge in [-0.3, -0.25) is 4.79 Å². The molecular weight excluding hydrogens is 392 g/mol. The van der Waals surface area contributed by atoms with Crippen LogP contribution in [0.1, 0.15) is 35.1 Å². The van der Waals surface area contributed by atoms with Crippen LogP contribution in [-0.4, -0.2) is 35.3 Å². The van der Waals surface area contributed by atoms with E-state index in [2.05, 4.69) is 31.7 Å². The van der Waals surface area contributed by atoms with Crippen molar-refractivity contribution in [2.75, 3.05) is 19.6 Å². The minimum atomic E-state index is -0.0743. The Labute approximate surface area is 156 Å². The van der Waals surface area contributed by atoms with Gasteiger partial charge in [-0.1, -0.05) is 28.9 Å². The van der Waals surface area contributed by atoms with E-state index in [0.29, 0.717) is 12.2 Å². The Kier molecular flexibility index (Phi) is 6.83. The zero-order chi connectivity index (χ0) is 16.2. The molecule has 1 amide bonds. The lowest BCUT2D eigenvalue weighted by molar-refractivity contribution is 0.0947. The minimum absolute atomic E-state index is 0. The molecular formula is C17H22BrClN4O. The van der Waals surface area contributed by atoms with E-state index in [1.165, 1.54) is 5.69 Å². The van der Waals surface area contributed by atoms with Gasteiger partial charge in [-0.05, 0) is 44.0 Å². The summed E-state index contributed by atoms with van der Waals surface area (Å²) in [6.07, 6.45) is 2.98. The van der Waals surface area contributed by atoms with Crippen molar-refractivity contribution in [1.29, 1.82) is 0 Å². The Morgan fingerprint density at radius 1 is 1.33 bits per heavy atom. The fourth-order valence-electron chi connectivity index (χ4n) is 2.97. The van der Waals surface area contributed by atoms with Crippen molar-refractivity contribution in [3.63, 3.8) is 0 Å². The average Bonchev–Trinajstić information content (AvgIpc) is 3.13. The molecule has 7 heteroatoms. The number of nitrogens with zero attached hydrogens (tertiary/aromatic N) is 2. The van der Waals surface area contributed by atoms with Crippen LogP contribution in [0.25, 0.3) is 5.69 Å². The lowest BCUT2D eigenvalue weighted by Gasteiger charge is -2.06. The number of carbonyl (C=O) groups excluding carboxylic acids is 1. The van der Waals surface area contributed by atoms with Gasteiger partial charge in [0, 0.05) is 28.8 Å². The van der Waals surface area contributed by atoms with E-state index in [-0.39, 0.29) is 18.3 Å². The molecule has 0 fully saturated rings. The second kappa shape index (κ2) is 8.65. The third-order valence-electron chi connectivity index (χ3n) is 4.04. The van der Waals surface area contributed by atoms with Crippen molar-refractivity contribution in [2.45, 2.75) is 26.2 Å². The highest BCUT2D eigenvalue weighted by molar-refractivity contribution is 9.10. The van der Waals surface area contributed by atoms with Crippen LogP contribution in [0.2, 0.25) is 0 Å². The summed E-state index contributed by atoms with van der Waals surface area (Å²) in [7, 11) is 0. The number of benzene rings is 1. The van der Waals surface area contributed by atoms with Crippen LogP contribution in [0.4, 0.5) is 0 Å². The number of likely N-dealkylation sites (N-methyl/N-ethyl adjacent to an activating group) is 1. The predicted octanol–water partition coefficient (Wildman–Crippen LogP) is 2.88. The predicted molar refractivity (Wildman–Crippen MR) is 101 cm³/mol. The maximum atomic E-state index is 12.5. The number of fused-ring (bicyclic) bond motifs is 1. The third-order valence-corrected chi connectivity index (χ3v) is 4.53. The summed E-state index contributed by atoms with van der Waals surface area (Å²) in [5.74, 6) is -0.0743. The van der Waals surface area contributed by atoms with Gasteiger partial charge in [-0.2, -0.15) is 5.10 Å². The molecule has 0 aliphatic heterocycles. The number of amides is 1. The quantitative estimate of drug-likeness (QED) is 0.716. The smallest absolute Gasteiger partial charge is 0.272 e. The standard InChI is InChI=1S/C17H21BrN4O.ClH/c1-2-19-9-10-20-17(23)16-14-7-4-8-15(14)22(21-16)13-6-3-5-12(18)11-13;/h3,5-6,11,19H,2,4,7-10H2,1H3,(H,20,23);1H. The molecule has 2 aromatic rings. The maximum absolute atomic E-state index is 12.5.